The first kappa shape index (κ1) is 15.6. The van der Waals surface area contributed by atoms with Crippen LogP contribution in [-0.2, 0) is 0 Å². The first-order valence-corrected chi connectivity index (χ1v) is 8.03. The zero-order chi connectivity index (χ0) is 17.7. The van der Waals surface area contributed by atoms with Crippen molar-refractivity contribution in [1.29, 1.82) is 0 Å². The molecular weight excluding hydrogens is 346 g/mol. The summed E-state index contributed by atoms with van der Waals surface area (Å²) in [6, 6.07) is 5.36. The lowest BCUT2D eigenvalue weighted by molar-refractivity contribution is 0.0467. The lowest BCUT2D eigenvalue weighted by Crippen LogP contribution is -2.51. The Morgan fingerprint density at radius 3 is 2.76 bits per heavy atom. The first-order valence-electron chi connectivity index (χ1n) is 7.65. The van der Waals surface area contributed by atoms with E-state index in [1.54, 1.807) is 11.0 Å². The average Bonchev–Trinajstić information content (AvgIpc) is 3.12. The number of nitrogens with one attached hydrogen (secondary N) is 1. The highest BCUT2D eigenvalue weighted by atomic mass is 35.5. The van der Waals surface area contributed by atoms with E-state index in [0.717, 1.165) is 16.5 Å². The molecule has 1 saturated heterocycles. The number of carbonyl (C=O) groups is 2. The molecule has 8 nitrogen and oxygen atoms in total. The summed E-state index contributed by atoms with van der Waals surface area (Å²) >= 11 is 6.05. The molecule has 0 aliphatic carbocycles. The Bertz CT molecular complexity index is 1000. The second-order valence-corrected chi connectivity index (χ2v) is 6.52. The number of hydrogen-bond acceptors (Lipinski definition) is 4. The van der Waals surface area contributed by atoms with Gasteiger partial charge < -0.3 is 15.0 Å². The van der Waals surface area contributed by atoms with Crippen LogP contribution in [0.15, 0.2) is 24.4 Å². The van der Waals surface area contributed by atoms with Crippen LogP contribution in [0.2, 0.25) is 5.02 Å². The molecule has 0 radical (unpaired) electrons. The maximum Gasteiger partial charge on any atom is 0.358 e. The molecule has 4 rings (SSSR count). The fourth-order valence-electron chi connectivity index (χ4n) is 2.98. The average molecular weight is 360 g/mol. The molecular formula is C16H14ClN5O3. The molecule has 3 aromatic rings. The predicted octanol–water partition coefficient (Wildman–Crippen LogP) is 2.12. The first-order chi connectivity index (χ1) is 11.9. The molecule has 1 aliphatic heterocycles. The highest BCUT2D eigenvalue weighted by Crippen LogP contribution is 2.27. The number of aromatic nitrogens is 4. The standard InChI is InChI=1S/C16H14ClN5O3/c1-8-2-9(17)3-12-11(8)4-13(19-12)15(23)21-6-10(7-21)22-18-5-14(20-22)16(24)25/h2-5,10,19H,6-7H2,1H3,(H,24,25). The van der Waals surface area contributed by atoms with E-state index in [4.69, 9.17) is 16.7 Å². The normalized spacial score (nSPS) is 14.7. The number of benzene rings is 1. The molecule has 25 heavy (non-hydrogen) atoms. The van der Waals surface area contributed by atoms with Crippen molar-refractivity contribution >= 4 is 34.4 Å². The Balaban J connectivity index is 1.49. The van der Waals surface area contributed by atoms with Gasteiger partial charge >= 0.3 is 5.97 Å². The fraction of sp³-hybridized carbons (Fsp3) is 0.250. The molecule has 0 unspecified atom stereocenters. The van der Waals surface area contributed by atoms with Gasteiger partial charge in [0.05, 0.1) is 6.20 Å². The van der Waals surface area contributed by atoms with E-state index in [9.17, 15) is 9.59 Å². The molecule has 0 bridgehead atoms. The van der Waals surface area contributed by atoms with E-state index in [0.29, 0.717) is 23.8 Å². The largest absolute Gasteiger partial charge is 0.476 e. The van der Waals surface area contributed by atoms with Crippen LogP contribution in [0.25, 0.3) is 10.9 Å². The van der Waals surface area contributed by atoms with E-state index < -0.39 is 5.97 Å². The Morgan fingerprint density at radius 1 is 1.32 bits per heavy atom. The minimum Gasteiger partial charge on any atom is -0.476 e. The number of halogens is 1. The van der Waals surface area contributed by atoms with Gasteiger partial charge in [-0.1, -0.05) is 11.6 Å². The second kappa shape index (κ2) is 5.59. The number of nitrogens with zero attached hydrogens (tertiary/aromatic N) is 4. The fourth-order valence-corrected chi connectivity index (χ4v) is 3.25. The molecule has 1 amide bonds. The molecule has 2 aromatic heterocycles. The molecule has 0 saturated carbocycles. The molecule has 0 spiro atoms. The van der Waals surface area contributed by atoms with Crippen molar-refractivity contribution in [3.05, 3.63) is 46.4 Å². The van der Waals surface area contributed by atoms with Crippen molar-refractivity contribution in [3.8, 4) is 0 Å². The zero-order valence-electron chi connectivity index (χ0n) is 13.2. The van der Waals surface area contributed by atoms with E-state index in [-0.39, 0.29) is 17.6 Å². The molecule has 1 fully saturated rings. The molecule has 9 heteroatoms. The lowest BCUT2D eigenvalue weighted by atomic mass is 10.1. The van der Waals surface area contributed by atoms with Gasteiger partial charge in [0.1, 0.15) is 11.7 Å². The minimum absolute atomic E-state index is 0.104. The summed E-state index contributed by atoms with van der Waals surface area (Å²) in [5, 5.41) is 18.3. The van der Waals surface area contributed by atoms with Crippen LogP contribution >= 0.6 is 11.6 Å². The zero-order valence-corrected chi connectivity index (χ0v) is 14.0. The van der Waals surface area contributed by atoms with Crippen LogP contribution < -0.4 is 0 Å². The third kappa shape index (κ3) is 2.64. The van der Waals surface area contributed by atoms with E-state index in [2.05, 4.69) is 15.2 Å². The smallest absolute Gasteiger partial charge is 0.358 e. The van der Waals surface area contributed by atoms with Crippen LogP contribution in [0.4, 0.5) is 0 Å². The summed E-state index contributed by atoms with van der Waals surface area (Å²) in [6.45, 7) is 2.81. The highest BCUT2D eigenvalue weighted by Gasteiger charge is 2.34. The van der Waals surface area contributed by atoms with Crippen molar-refractivity contribution < 1.29 is 14.7 Å². The number of aromatic carboxylic acids is 1. The predicted molar refractivity (Wildman–Crippen MR) is 90.0 cm³/mol. The Hall–Kier alpha value is -2.87. The lowest BCUT2D eigenvalue weighted by Gasteiger charge is -2.37. The maximum atomic E-state index is 12.6. The third-order valence-electron chi connectivity index (χ3n) is 4.34. The highest BCUT2D eigenvalue weighted by molar-refractivity contribution is 6.31. The topological polar surface area (TPSA) is 104 Å². The summed E-state index contributed by atoms with van der Waals surface area (Å²) in [5.41, 5.74) is 2.22. The number of carbonyl (C=O) groups excluding carboxylic acids is 1. The summed E-state index contributed by atoms with van der Waals surface area (Å²) in [5.74, 6) is -1.24. The summed E-state index contributed by atoms with van der Waals surface area (Å²) in [4.78, 5) is 29.6. The van der Waals surface area contributed by atoms with Gasteiger partial charge in [-0.25, -0.2) is 4.79 Å². The summed E-state index contributed by atoms with van der Waals surface area (Å²) in [6.07, 6.45) is 1.21. The number of carboxylic acid groups (broad SMARTS) is 1. The third-order valence-corrected chi connectivity index (χ3v) is 4.56. The van der Waals surface area contributed by atoms with E-state index in [1.165, 1.54) is 11.0 Å². The number of likely N-dealkylation sites (tertiary alicyclic amines) is 1. The monoisotopic (exact) mass is 359 g/mol. The minimum atomic E-state index is -1.12. The molecule has 2 N–H and O–H groups in total. The Morgan fingerprint density at radius 2 is 2.08 bits per heavy atom. The van der Waals surface area contributed by atoms with Gasteiger partial charge in [-0.05, 0) is 30.7 Å². The molecule has 1 aliphatic rings. The van der Waals surface area contributed by atoms with Crippen molar-refractivity contribution in [2.24, 2.45) is 0 Å². The van der Waals surface area contributed by atoms with Crippen molar-refractivity contribution in [2.75, 3.05) is 13.1 Å². The van der Waals surface area contributed by atoms with Gasteiger partial charge in [0, 0.05) is 29.0 Å². The Kier molecular flexibility index (Phi) is 3.50. The molecule has 128 valence electrons. The van der Waals surface area contributed by atoms with Gasteiger partial charge in [0.2, 0.25) is 0 Å². The number of carboxylic acids is 1. The number of rotatable bonds is 3. The van der Waals surface area contributed by atoms with Crippen LogP contribution in [0.3, 0.4) is 0 Å². The van der Waals surface area contributed by atoms with Crippen LogP contribution in [0.5, 0.6) is 0 Å². The molecule has 1 aromatic carbocycles. The number of hydrogen-bond donors (Lipinski definition) is 2. The quantitative estimate of drug-likeness (QED) is 0.745. The van der Waals surface area contributed by atoms with Gasteiger partial charge in [-0.2, -0.15) is 9.90 Å². The van der Waals surface area contributed by atoms with Crippen molar-refractivity contribution in [3.63, 3.8) is 0 Å². The van der Waals surface area contributed by atoms with Gasteiger partial charge in [0.25, 0.3) is 5.91 Å². The van der Waals surface area contributed by atoms with Gasteiger partial charge in [0.15, 0.2) is 5.69 Å². The number of H-pyrrole nitrogens is 1. The maximum absolute atomic E-state index is 12.6. The van der Waals surface area contributed by atoms with Crippen molar-refractivity contribution in [2.45, 2.75) is 13.0 Å². The SMILES string of the molecule is Cc1cc(Cl)cc2[nH]c(C(=O)N3CC(n4ncc(C(=O)O)n4)C3)cc12. The van der Waals surface area contributed by atoms with Crippen LogP contribution in [-0.4, -0.2) is 55.0 Å². The van der Waals surface area contributed by atoms with E-state index in [1.807, 2.05) is 19.1 Å². The number of fused-ring (bicyclic) bond motifs is 1. The molecule has 0 atom stereocenters. The summed E-state index contributed by atoms with van der Waals surface area (Å²) < 4.78 is 0. The van der Waals surface area contributed by atoms with Gasteiger partial charge in [-0.3, -0.25) is 4.79 Å². The number of aromatic amines is 1. The van der Waals surface area contributed by atoms with E-state index >= 15 is 0 Å². The Labute approximate surface area is 147 Å². The van der Waals surface area contributed by atoms with Crippen molar-refractivity contribution in [1.82, 2.24) is 24.9 Å². The van der Waals surface area contributed by atoms with Crippen LogP contribution in [0.1, 0.15) is 32.6 Å². The summed E-state index contributed by atoms with van der Waals surface area (Å²) in [7, 11) is 0. The number of aryl methyl sites for hydroxylation is 1. The number of amides is 1. The van der Waals surface area contributed by atoms with Gasteiger partial charge in [-0.15, -0.1) is 5.10 Å². The second-order valence-electron chi connectivity index (χ2n) is 6.09. The molecule has 3 heterocycles. The van der Waals surface area contributed by atoms with Crippen LogP contribution in [0, 0.1) is 6.92 Å².